The second kappa shape index (κ2) is 7.12. The molecule has 3 nitrogen and oxygen atoms in total. The van der Waals surface area contributed by atoms with Gasteiger partial charge in [0, 0.05) is 0 Å². The van der Waals surface area contributed by atoms with E-state index in [1.807, 2.05) is 30.3 Å². The molecule has 0 radical (unpaired) electrons. The summed E-state index contributed by atoms with van der Waals surface area (Å²) in [5, 5.41) is 0. The molecule has 1 atom stereocenters. The third-order valence-electron chi connectivity index (χ3n) is 1.66. The van der Waals surface area contributed by atoms with Gasteiger partial charge >= 0.3 is 92.8 Å². The summed E-state index contributed by atoms with van der Waals surface area (Å²) in [6.45, 7) is 0. The van der Waals surface area contributed by atoms with E-state index in [4.69, 9.17) is 0 Å². The molecule has 0 aliphatic carbocycles. The molecule has 1 unspecified atom stereocenters. The van der Waals surface area contributed by atoms with Gasteiger partial charge in [0.05, 0.1) is 0 Å². The molecule has 0 fully saturated rings. The van der Waals surface area contributed by atoms with Crippen molar-refractivity contribution in [3.8, 4) is 0 Å². The Kier molecular flexibility index (Phi) is 5.62. The molecule has 0 aromatic heterocycles. The van der Waals surface area contributed by atoms with Crippen molar-refractivity contribution in [3.05, 3.63) is 30.3 Å². The van der Waals surface area contributed by atoms with Crippen LogP contribution in [0.4, 0.5) is 0 Å². The monoisotopic (exact) mass is 219 g/mol. The number of thioether (sulfide) groups is 1. The van der Waals surface area contributed by atoms with Crippen molar-refractivity contribution in [2.75, 3.05) is 5.75 Å². The zero-order valence-electron chi connectivity index (χ0n) is 8.08. The van der Waals surface area contributed by atoms with Gasteiger partial charge in [0.2, 0.25) is 0 Å². The normalized spacial score (nSPS) is 12.3. The summed E-state index contributed by atoms with van der Waals surface area (Å²) in [4.78, 5) is 15.5. The number of aldehydes is 1. The zero-order valence-corrected chi connectivity index (χ0v) is 8.89. The molecule has 15 heavy (non-hydrogen) atoms. The maximum absolute atomic E-state index is 10.6. The predicted molar refractivity (Wildman–Crippen MR) is 62.0 cm³/mol. The van der Waals surface area contributed by atoms with Gasteiger partial charge in [-0.1, -0.05) is 0 Å². The van der Waals surface area contributed by atoms with Crippen LogP contribution in [-0.2, 0) is 9.50 Å². The molecule has 0 aliphatic rings. The molecular weight excluding hydrogens is 209 g/mol. The second-order valence-corrected chi connectivity index (χ2v) is 3.86. The summed E-state index contributed by atoms with van der Waals surface area (Å²) >= 11 is 1.54. The van der Waals surface area contributed by atoms with Crippen molar-refractivity contribution in [1.29, 1.82) is 0 Å². The van der Waals surface area contributed by atoms with E-state index in [-0.39, 0.29) is 0 Å². The molecule has 0 N–H and O–H groups in total. The quantitative estimate of drug-likeness (QED) is 0.314. The van der Waals surface area contributed by atoms with Crippen LogP contribution >= 0.6 is 11.8 Å². The van der Waals surface area contributed by atoms with Crippen LogP contribution in [0.3, 0.4) is 0 Å². The number of nitrogens with zero attached hydrogens (tertiary/aromatic N) is 1. The van der Waals surface area contributed by atoms with E-state index in [0.717, 1.165) is 17.3 Å². The van der Waals surface area contributed by atoms with Gasteiger partial charge in [-0.25, -0.2) is 0 Å². The Bertz CT molecular complexity index is 343. The van der Waals surface area contributed by atoms with Crippen molar-refractivity contribution >= 4 is 31.3 Å². The predicted octanol–water partition coefficient (Wildman–Crippen LogP) is 1.42. The van der Waals surface area contributed by atoms with Crippen molar-refractivity contribution < 1.29 is 9.50 Å². The average molecular weight is 219 g/mol. The van der Waals surface area contributed by atoms with Crippen molar-refractivity contribution in [3.63, 3.8) is 0 Å². The van der Waals surface area contributed by atoms with E-state index in [0.29, 0.717) is 12.9 Å². The Morgan fingerprint density at radius 2 is 2.13 bits per heavy atom. The Hall–Kier alpha value is -1.23. The topological polar surface area (TPSA) is 46.5 Å². The van der Waals surface area contributed by atoms with Crippen molar-refractivity contribution in [2.45, 2.75) is 10.9 Å². The van der Waals surface area contributed by atoms with Crippen LogP contribution in [0.1, 0.15) is 0 Å². The summed E-state index contributed by atoms with van der Waals surface area (Å²) in [6, 6.07) is 9.30. The maximum atomic E-state index is 10.6. The Balaban J connectivity index is 2.44. The summed E-state index contributed by atoms with van der Waals surface area (Å²) in [5.74, 6) is 0.553. The first-order valence-electron chi connectivity index (χ1n) is 4.47. The fraction of sp³-hybridized carbons (Fsp3) is 0.200. The molecule has 0 saturated carbocycles. The van der Waals surface area contributed by atoms with Crippen molar-refractivity contribution in [2.24, 2.45) is 4.99 Å². The second-order valence-electron chi connectivity index (χ2n) is 2.76. The third kappa shape index (κ3) is 4.69. The number of rotatable bonds is 6. The van der Waals surface area contributed by atoms with Crippen LogP contribution in [0.25, 0.3) is 0 Å². The van der Waals surface area contributed by atoms with Gasteiger partial charge in [0.25, 0.3) is 0 Å². The number of hydrogen-bond acceptors (Lipinski definition) is 4. The molecule has 0 spiro atoms. The Labute approximate surface area is 93.2 Å². The molecule has 0 bridgehead atoms. The van der Waals surface area contributed by atoms with Crippen molar-refractivity contribution in [1.82, 2.24) is 0 Å². The number of benzene rings is 1. The van der Waals surface area contributed by atoms with Crippen LogP contribution in [0.15, 0.2) is 40.2 Å². The summed E-state index contributed by atoms with van der Waals surface area (Å²) in [5.41, 5.74) is 0. The molecule has 0 heterocycles. The van der Waals surface area contributed by atoms with Crippen LogP contribution in [0, 0.1) is 0 Å². The molecule has 0 amide bonds. The fourth-order valence-electron chi connectivity index (χ4n) is 0.961. The van der Waals surface area contributed by atoms with E-state index in [1.165, 1.54) is 0 Å². The zero-order chi connectivity index (χ0) is 10.9. The van der Waals surface area contributed by atoms with Gasteiger partial charge in [-0.3, -0.25) is 0 Å². The fourth-order valence-corrected chi connectivity index (χ4v) is 1.84. The Morgan fingerprint density at radius 1 is 1.40 bits per heavy atom. The van der Waals surface area contributed by atoms with Gasteiger partial charge in [0.15, 0.2) is 0 Å². The summed E-state index contributed by atoms with van der Waals surface area (Å²) in [7, 11) is 0.573. The van der Waals surface area contributed by atoms with E-state index < -0.39 is 6.04 Å². The van der Waals surface area contributed by atoms with Crippen LogP contribution in [0.2, 0.25) is 0 Å². The first kappa shape index (κ1) is 11.8. The molecule has 1 aromatic carbocycles. The first-order chi connectivity index (χ1) is 7.36. The molecule has 1 aromatic rings. The first-order valence-corrected chi connectivity index (χ1v) is 5.45. The van der Waals surface area contributed by atoms with Gasteiger partial charge in [0.1, 0.15) is 0 Å². The summed E-state index contributed by atoms with van der Waals surface area (Å²) in [6.07, 6.45) is 1.86. The molecule has 5 heteroatoms. The van der Waals surface area contributed by atoms with E-state index in [2.05, 4.69) is 4.99 Å². The minimum absolute atomic E-state index is 0.444. The van der Waals surface area contributed by atoms with Crippen LogP contribution < -0.4 is 0 Å². The number of aliphatic imine (C=N–C) groups is 1. The SMILES string of the molecule is O=BC=NC(C=O)CSc1ccccc1. The standard InChI is InChI=1S/C10H10BNO2S/c13-6-9(12-8-11-14)7-15-10-4-2-1-3-5-10/h1-6,8-9H,7H2. The average Bonchev–Trinajstić information content (AvgIpc) is 2.31. The summed E-state index contributed by atoms with van der Waals surface area (Å²) < 4.78 is 10.0. The van der Waals surface area contributed by atoms with Gasteiger partial charge in [-0.05, 0) is 0 Å². The number of carbonyl (C=O) groups excluding carboxylic acids is 1. The minimum atomic E-state index is -0.444. The molecular formula is C10H10BNO2S. The van der Waals surface area contributed by atoms with E-state index in [9.17, 15) is 9.50 Å². The van der Waals surface area contributed by atoms with Gasteiger partial charge < -0.3 is 0 Å². The van der Waals surface area contributed by atoms with Crippen LogP contribution in [-0.4, -0.2) is 31.3 Å². The van der Waals surface area contributed by atoms with E-state index >= 15 is 0 Å². The van der Waals surface area contributed by atoms with E-state index in [1.54, 1.807) is 11.8 Å². The molecule has 1 rings (SSSR count). The van der Waals surface area contributed by atoms with Crippen LogP contribution in [0.5, 0.6) is 0 Å². The molecule has 0 saturated heterocycles. The number of carbonyl (C=O) groups is 1. The third-order valence-corrected chi connectivity index (χ3v) is 2.77. The molecule has 0 aliphatic heterocycles. The van der Waals surface area contributed by atoms with Gasteiger partial charge in [-0.15, -0.1) is 0 Å². The molecule has 76 valence electrons. The van der Waals surface area contributed by atoms with Gasteiger partial charge in [-0.2, -0.15) is 0 Å². The Morgan fingerprint density at radius 3 is 2.73 bits per heavy atom. The number of hydrogen-bond donors (Lipinski definition) is 0.